The van der Waals surface area contributed by atoms with Crippen molar-refractivity contribution in [2.24, 2.45) is 5.92 Å². The Morgan fingerprint density at radius 2 is 1.84 bits per heavy atom. The van der Waals surface area contributed by atoms with E-state index < -0.39 is 0 Å². The van der Waals surface area contributed by atoms with Crippen molar-refractivity contribution in [3.8, 4) is 11.1 Å². The van der Waals surface area contributed by atoms with Gasteiger partial charge in [-0.25, -0.2) is 14.4 Å². The monoisotopic (exact) mass is 503 g/mol. The molecule has 4 aromatic rings. The van der Waals surface area contributed by atoms with E-state index in [9.17, 15) is 4.79 Å². The van der Waals surface area contributed by atoms with Crippen LogP contribution in [0.5, 0.6) is 0 Å². The molecule has 194 valence electrons. The first-order valence-corrected chi connectivity index (χ1v) is 12.8. The lowest BCUT2D eigenvalue weighted by molar-refractivity contribution is -0.135. The number of halogens is 1. The van der Waals surface area contributed by atoms with E-state index in [0.717, 1.165) is 40.6 Å². The number of nitrogens with one attached hydrogen (secondary N) is 1. The number of fused-ring (bicyclic) bond motifs is 2. The fourth-order valence-electron chi connectivity index (χ4n) is 5.32. The van der Waals surface area contributed by atoms with Gasteiger partial charge >= 0.3 is 0 Å². The Morgan fingerprint density at radius 1 is 1.08 bits per heavy atom. The molecule has 1 atom stereocenters. The highest BCUT2D eigenvalue weighted by Crippen LogP contribution is 2.39. The Balaban J connectivity index is 1.44. The van der Waals surface area contributed by atoms with E-state index in [4.69, 9.17) is 0 Å². The molecule has 5 rings (SSSR count). The molecule has 0 aliphatic carbocycles. The van der Waals surface area contributed by atoms with Crippen molar-refractivity contribution in [2.45, 2.75) is 27.2 Å². The van der Waals surface area contributed by atoms with E-state index in [1.165, 1.54) is 6.33 Å². The number of H-pyrrole nitrogens is 1. The molecule has 1 aliphatic heterocycles. The number of hydrogen-bond donors (Lipinski definition) is 1. The molecule has 2 aromatic heterocycles. The minimum absolute atomic E-state index is 0.00728. The van der Waals surface area contributed by atoms with Gasteiger partial charge in [-0.05, 0) is 69.7 Å². The molecule has 1 unspecified atom stereocenters. The molecule has 3 heterocycles. The maximum Gasteiger partial charge on any atom is 0.225 e. The molecule has 37 heavy (non-hydrogen) atoms. The first-order chi connectivity index (χ1) is 17.8. The Hall–Kier alpha value is -3.59. The predicted molar refractivity (Wildman–Crippen MR) is 145 cm³/mol. The number of aryl methyl sites for hydroxylation is 2. The molecule has 9 heteroatoms. The van der Waals surface area contributed by atoms with Gasteiger partial charge in [-0.1, -0.05) is 13.0 Å². The molecule has 1 N–H and O–H groups in total. The van der Waals surface area contributed by atoms with E-state index >= 15 is 4.39 Å². The highest BCUT2D eigenvalue weighted by atomic mass is 19.1. The van der Waals surface area contributed by atoms with E-state index in [1.807, 2.05) is 58.0 Å². The summed E-state index contributed by atoms with van der Waals surface area (Å²) in [7, 11) is 4.04. The number of anilines is 1. The minimum atomic E-state index is -0.348. The van der Waals surface area contributed by atoms with Gasteiger partial charge in [0.15, 0.2) is 5.82 Å². The molecule has 1 saturated heterocycles. The maximum absolute atomic E-state index is 16.2. The summed E-state index contributed by atoms with van der Waals surface area (Å²) in [5, 5.41) is 8.72. The molecular weight excluding hydrogens is 469 g/mol. The molecule has 0 saturated carbocycles. The Morgan fingerprint density at radius 3 is 2.57 bits per heavy atom. The van der Waals surface area contributed by atoms with Crippen molar-refractivity contribution >= 4 is 33.5 Å². The Labute approximate surface area is 216 Å². The van der Waals surface area contributed by atoms with Crippen LogP contribution in [0.4, 0.5) is 10.2 Å². The average molecular weight is 504 g/mol. The van der Waals surface area contributed by atoms with Gasteiger partial charge in [0.1, 0.15) is 17.7 Å². The van der Waals surface area contributed by atoms with Gasteiger partial charge in [0.25, 0.3) is 0 Å². The van der Waals surface area contributed by atoms with Crippen LogP contribution >= 0.6 is 0 Å². The summed E-state index contributed by atoms with van der Waals surface area (Å²) >= 11 is 0. The first kappa shape index (κ1) is 25.1. The zero-order valence-corrected chi connectivity index (χ0v) is 22.2. The SMILES string of the molecule is Cc1cc2c(N3CCN(C(=O)C(C)CCN(C)C)CC3)ncnc2c(F)c1-c1c(C)ccc2[nH]ncc12. The number of piperazine rings is 1. The van der Waals surface area contributed by atoms with Gasteiger partial charge in [-0.3, -0.25) is 9.89 Å². The lowest BCUT2D eigenvalue weighted by atomic mass is 9.92. The minimum Gasteiger partial charge on any atom is -0.352 e. The van der Waals surface area contributed by atoms with Gasteiger partial charge < -0.3 is 14.7 Å². The largest absolute Gasteiger partial charge is 0.352 e. The number of aromatic nitrogens is 4. The normalized spacial score (nSPS) is 15.2. The number of hydrogen-bond acceptors (Lipinski definition) is 6. The third kappa shape index (κ3) is 4.64. The van der Waals surface area contributed by atoms with Crippen LogP contribution < -0.4 is 4.90 Å². The van der Waals surface area contributed by atoms with Crippen molar-refractivity contribution in [2.75, 3.05) is 51.7 Å². The summed E-state index contributed by atoms with van der Waals surface area (Å²) in [6, 6.07) is 5.93. The van der Waals surface area contributed by atoms with Crippen LogP contribution in [-0.4, -0.2) is 82.7 Å². The first-order valence-electron chi connectivity index (χ1n) is 12.8. The summed E-state index contributed by atoms with van der Waals surface area (Å²) in [4.78, 5) is 28.0. The highest BCUT2D eigenvalue weighted by Gasteiger charge is 2.27. The predicted octanol–water partition coefficient (Wildman–Crippen LogP) is 4.17. The van der Waals surface area contributed by atoms with Gasteiger partial charge in [0, 0.05) is 48.4 Å². The molecule has 0 radical (unpaired) electrons. The van der Waals surface area contributed by atoms with Crippen LogP contribution in [0.2, 0.25) is 0 Å². The van der Waals surface area contributed by atoms with E-state index in [0.29, 0.717) is 48.5 Å². The smallest absolute Gasteiger partial charge is 0.225 e. The van der Waals surface area contributed by atoms with Crippen molar-refractivity contribution in [1.29, 1.82) is 0 Å². The van der Waals surface area contributed by atoms with Crippen LogP contribution in [0.15, 0.2) is 30.7 Å². The molecule has 8 nitrogen and oxygen atoms in total. The summed E-state index contributed by atoms with van der Waals surface area (Å²) in [6.07, 6.45) is 4.02. The molecule has 1 aliphatic rings. The second-order valence-corrected chi connectivity index (χ2v) is 10.4. The van der Waals surface area contributed by atoms with Crippen molar-refractivity contribution < 1.29 is 9.18 Å². The van der Waals surface area contributed by atoms with Crippen molar-refractivity contribution in [3.05, 3.63) is 47.7 Å². The standard InChI is InChI=1S/C28H34FN7O/c1-17-6-7-22-21(15-32-33-22)23(17)24-19(3)14-20-26(25(24)29)30-16-31-27(20)35-10-12-36(13-11-35)28(37)18(2)8-9-34(4)5/h6-7,14-16,18H,8-13H2,1-5H3,(H,32,33). The van der Waals surface area contributed by atoms with Crippen molar-refractivity contribution in [1.82, 2.24) is 30.0 Å². The van der Waals surface area contributed by atoms with Gasteiger partial charge in [0.2, 0.25) is 5.91 Å². The number of carbonyl (C=O) groups excluding carboxylic acids is 1. The van der Waals surface area contributed by atoms with Crippen LogP contribution in [0, 0.1) is 25.6 Å². The summed E-state index contributed by atoms with van der Waals surface area (Å²) < 4.78 is 16.2. The Kier molecular flexibility index (Phi) is 6.81. The molecular formula is C28H34FN7O. The lowest BCUT2D eigenvalue weighted by Crippen LogP contribution is -2.50. The number of amides is 1. The third-order valence-electron chi connectivity index (χ3n) is 7.45. The zero-order chi connectivity index (χ0) is 26.3. The van der Waals surface area contributed by atoms with Gasteiger partial charge in [0.05, 0.1) is 11.7 Å². The summed E-state index contributed by atoms with van der Waals surface area (Å²) in [6.45, 7) is 9.35. The van der Waals surface area contributed by atoms with Crippen LogP contribution in [0.25, 0.3) is 32.9 Å². The number of carbonyl (C=O) groups is 1. The number of nitrogens with zero attached hydrogens (tertiary/aromatic N) is 6. The van der Waals surface area contributed by atoms with E-state index in [2.05, 4.69) is 30.0 Å². The highest BCUT2D eigenvalue weighted by molar-refractivity contribution is 6.01. The van der Waals surface area contributed by atoms with Crippen LogP contribution in [0.1, 0.15) is 24.5 Å². The number of benzene rings is 2. The van der Waals surface area contributed by atoms with Gasteiger partial charge in [-0.15, -0.1) is 0 Å². The molecule has 1 amide bonds. The third-order valence-corrected chi connectivity index (χ3v) is 7.45. The molecule has 0 spiro atoms. The molecule has 0 bridgehead atoms. The Bertz CT molecular complexity index is 1460. The van der Waals surface area contributed by atoms with E-state index in [-0.39, 0.29) is 17.6 Å². The number of aromatic amines is 1. The van der Waals surface area contributed by atoms with Crippen LogP contribution in [-0.2, 0) is 4.79 Å². The fourth-order valence-corrected chi connectivity index (χ4v) is 5.32. The molecule has 1 fully saturated rings. The second kappa shape index (κ2) is 10.0. The van der Waals surface area contributed by atoms with Crippen molar-refractivity contribution in [3.63, 3.8) is 0 Å². The fraction of sp³-hybridized carbons (Fsp3) is 0.429. The zero-order valence-electron chi connectivity index (χ0n) is 22.2. The average Bonchev–Trinajstić information content (AvgIpc) is 3.37. The second-order valence-electron chi connectivity index (χ2n) is 10.4. The molecule has 2 aromatic carbocycles. The van der Waals surface area contributed by atoms with Gasteiger partial charge in [-0.2, -0.15) is 5.10 Å². The number of rotatable bonds is 6. The van der Waals surface area contributed by atoms with E-state index in [1.54, 1.807) is 6.20 Å². The topological polar surface area (TPSA) is 81.2 Å². The summed E-state index contributed by atoms with van der Waals surface area (Å²) in [5.74, 6) is 0.556. The summed E-state index contributed by atoms with van der Waals surface area (Å²) in [5.41, 5.74) is 4.35. The lowest BCUT2D eigenvalue weighted by Gasteiger charge is -2.37. The quantitative estimate of drug-likeness (QED) is 0.426. The maximum atomic E-state index is 16.2. The van der Waals surface area contributed by atoms with Crippen LogP contribution in [0.3, 0.4) is 0 Å².